The largest absolute Gasteiger partial charge is 0.453 e. The first-order valence-electron chi connectivity index (χ1n) is 4.93. The van der Waals surface area contributed by atoms with E-state index in [1.165, 1.54) is 7.11 Å². The van der Waals surface area contributed by atoms with E-state index in [1.807, 2.05) is 0 Å². The molecule has 1 aliphatic heterocycles. The molecule has 2 N–H and O–H groups in total. The van der Waals surface area contributed by atoms with Gasteiger partial charge in [0.15, 0.2) is 5.11 Å². The fourth-order valence-electron chi connectivity index (χ4n) is 1.38. The van der Waals surface area contributed by atoms with Gasteiger partial charge in [-0.05, 0) is 31.0 Å². The van der Waals surface area contributed by atoms with E-state index in [0.29, 0.717) is 11.0 Å². The first-order valence-corrected chi connectivity index (χ1v) is 5.33. The predicted octanol–water partition coefficient (Wildman–Crippen LogP) is 0.643. The molecule has 0 spiro atoms. The van der Waals surface area contributed by atoms with Gasteiger partial charge in [0.1, 0.15) is 0 Å². The average Bonchev–Trinajstić information content (AvgIpc) is 2.27. The summed E-state index contributed by atoms with van der Waals surface area (Å²) in [5.41, 5.74) is 0. The van der Waals surface area contributed by atoms with Crippen molar-refractivity contribution in [1.82, 2.24) is 10.6 Å². The highest BCUT2D eigenvalue weighted by Gasteiger charge is 2.14. The van der Waals surface area contributed by atoms with Crippen molar-refractivity contribution in [1.29, 1.82) is 0 Å². The lowest BCUT2D eigenvalue weighted by Crippen LogP contribution is -2.41. The lowest BCUT2D eigenvalue weighted by molar-refractivity contribution is 0.0676. The Morgan fingerprint density at radius 1 is 1.53 bits per heavy atom. The van der Waals surface area contributed by atoms with E-state index < -0.39 is 6.09 Å². The van der Waals surface area contributed by atoms with Crippen LogP contribution in [0, 0.1) is 5.92 Å². The van der Waals surface area contributed by atoms with Crippen LogP contribution in [-0.4, -0.2) is 38.1 Å². The molecule has 0 aromatic heterocycles. The summed E-state index contributed by atoms with van der Waals surface area (Å²) in [5, 5.41) is 5.69. The standard InChI is InChI=1S/C9H16N2O3S/c1-13-9(12)11-8(15)10-6-7-2-4-14-5-3-7/h7H,2-6H2,1H3,(H2,10,11,12,15). The Kier molecular flexibility index (Phi) is 5.34. The summed E-state index contributed by atoms with van der Waals surface area (Å²) in [4.78, 5) is 10.8. The molecule has 0 aromatic rings. The summed E-state index contributed by atoms with van der Waals surface area (Å²) < 4.78 is 9.65. The molecule has 1 amide bonds. The number of hydrogen-bond acceptors (Lipinski definition) is 4. The third-order valence-electron chi connectivity index (χ3n) is 2.29. The van der Waals surface area contributed by atoms with Crippen molar-refractivity contribution in [3.63, 3.8) is 0 Å². The van der Waals surface area contributed by atoms with Gasteiger partial charge in [-0.25, -0.2) is 4.79 Å². The maximum Gasteiger partial charge on any atom is 0.413 e. The van der Waals surface area contributed by atoms with Gasteiger partial charge in [0.2, 0.25) is 0 Å². The summed E-state index contributed by atoms with van der Waals surface area (Å²) in [6, 6.07) is 0. The van der Waals surface area contributed by atoms with E-state index in [2.05, 4.69) is 15.4 Å². The molecule has 1 heterocycles. The zero-order valence-corrected chi connectivity index (χ0v) is 9.56. The Balaban J connectivity index is 2.12. The molecule has 6 heteroatoms. The zero-order chi connectivity index (χ0) is 11.1. The fourth-order valence-corrected chi connectivity index (χ4v) is 1.54. The molecule has 0 aromatic carbocycles. The predicted molar refractivity (Wildman–Crippen MR) is 59.7 cm³/mol. The van der Waals surface area contributed by atoms with Gasteiger partial charge in [0, 0.05) is 19.8 Å². The molecule has 1 fully saturated rings. The maximum atomic E-state index is 10.8. The van der Waals surface area contributed by atoms with E-state index in [1.54, 1.807) is 0 Å². The van der Waals surface area contributed by atoms with E-state index in [9.17, 15) is 4.79 Å². The summed E-state index contributed by atoms with van der Waals surface area (Å²) in [7, 11) is 1.30. The monoisotopic (exact) mass is 232 g/mol. The quantitative estimate of drug-likeness (QED) is 0.684. The SMILES string of the molecule is COC(=O)NC(=S)NCC1CCOCC1. The van der Waals surface area contributed by atoms with Gasteiger partial charge in [-0.1, -0.05) is 0 Å². The van der Waals surface area contributed by atoms with Crippen molar-refractivity contribution in [2.24, 2.45) is 5.92 Å². The number of rotatable bonds is 2. The number of amides is 1. The summed E-state index contributed by atoms with van der Waals surface area (Å²) in [5.74, 6) is 0.566. The van der Waals surface area contributed by atoms with E-state index in [4.69, 9.17) is 17.0 Å². The molecule has 1 rings (SSSR count). The van der Waals surface area contributed by atoms with Crippen LogP contribution in [-0.2, 0) is 9.47 Å². The molecular weight excluding hydrogens is 216 g/mol. The molecule has 1 aliphatic rings. The van der Waals surface area contributed by atoms with Crippen LogP contribution in [0.3, 0.4) is 0 Å². The highest BCUT2D eigenvalue weighted by molar-refractivity contribution is 7.80. The second-order valence-electron chi connectivity index (χ2n) is 3.38. The molecule has 0 unspecified atom stereocenters. The van der Waals surface area contributed by atoms with E-state index >= 15 is 0 Å². The van der Waals surface area contributed by atoms with Crippen LogP contribution in [0.5, 0.6) is 0 Å². The van der Waals surface area contributed by atoms with Gasteiger partial charge < -0.3 is 14.8 Å². The average molecular weight is 232 g/mol. The summed E-state index contributed by atoms with van der Waals surface area (Å²) >= 11 is 4.91. The molecular formula is C9H16N2O3S. The Bertz CT molecular complexity index is 229. The van der Waals surface area contributed by atoms with Crippen LogP contribution in [0.4, 0.5) is 4.79 Å². The minimum absolute atomic E-state index is 0.313. The van der Waals surface area contributed by atoms with Crippen molar-refractivity contribution < 1.29 is 14.3 Å². The van der Waals surface area contributed by atoms with Crippen molar-refractivity contribution in [2.75, 3.05) is 26.9 Å². The summed E-state index contributed by atoms with van der Waals surface area (Å²) in [6.07, 6.45) is 1.53. The number of carbonyl (C=O) groups is 1. The maximum absolute atomic E-state index is 10.8. The Labute approximate surface area is 94.5 Å². The number of alkyl carbamates (subject to hydrolysis) is 1. The van der Waals surface area contributed by atoms with Gasteiger partial charge in [-0.2, -0.15) is 0 Å². The second-order valence-corrected chi connectivity index (χ2v) is 3.79. The van der Waals surface area contributed by atoms with Crippen LogP contribution in [0.15, 0.2) is 0 Å². The van der Waals surface area contributed by atoms with E-state index in [0.717, 1.165) is 32.6 Å². The van der Waals surface area contributed by atoms with Crippen LogP contribution in [0.25, 0.3) is 0 Å². The minimum Gasteiger partial charge on any atom is -0.453 e. The highest BCUT2D eigenvalue weighted by atomic mass is 32.1. The summed E-state index contributed by atoms with van der Waals surface area (Å²) in [6.45, 7) is 2.39. The normalized spacial score (nSPS) is 16.9. The fraction of sp³-hybridized carbons (Fsp3) is 0.778. The van der Waals surface area contributed by atoms with Gasteiger partial charge >= 0.3 is 6.09 Å². The Morgan fingerprint density at radius 3 is 2.80 bits per heavy atom. The lowest BCUT2D eigenvalue weighted by Gasteiger charge is -2.22. The van der Waals surface area contributed by atoms with Crippen LogP contribution >= 0.6 is 12.2 Å². The van der Waals surface area contributed by atoms with Crippen molar-refractivity contribution in [2.45, 2.75) is 12.8 Å². The molecule has 0 radical (unpaired) electrons. The molecule has 0 atom stereocenters. The molecule has 0 aliphatic carbocycles. The van der Waals surface area contributed by atoms with Crippen molar-refractivity contribution in [3.8, 4) is 0 Å². The number of thiocarbonyl (C=S) groups is 1. The van der Waals surface area contributed by atoms with Gasteiger partial charge in [-0.15, -0.1) is 0 Å². The number of ether oxygens (including phenoxy) is 2. The topological polar surface area (TPSA) is 59.6 Å². The molecule has 15 heavy (non-hydrogen) atoms. The number of hydrogen-bond donors (Lipinski definition) is 2. The third-order valence-corrected chi connectivity index (χ3v) is 2.54. The lowest BCUT2D eigenvalue weighted by atomic mass is 10.0. The Morgan fingerprint density at radius 2 is 2.20 bits per heavy atom. The Hall–Kier alpha value is -0.880. The molecule has 5 nitrogen and oxygen atoms in total. The third kappa shape index (κ3) is 4.94. The van der Waals surface area contributed by atoms with Crippen LogP contribution < -0.4 is 10.6 Å². The minimum atomic E-state index is -0.542. The first kappa shape index (κ1) is 12.2. The smallest absolute Gasteiger partial charge is 0.413 e. The molecule has 86 valence electrons. The molecule has 0 saturated carbocycles. The second kappa shape index (κ2) is 6.58. The zero-order valence-electron chi connectivity index (χ0n) is 8.75. The van der Waals surface area contributed by atoms with E-state index in [-0.39, 0.29) is 0 Å². The van der Waals surface area contributed by atoms with Crippen molar-refractivity contribution in [3.05, 3.63) is 0 Å². The van der Waals surface area contributed by atoms with Gasteiger partial charge in [0.25, 0.3) is 0 Å². The highest BCUT2D eigenvalue weighted by Crippen LogP contribution is 2.12. The number of nitrogens with one attached hydrogen (secondary N) is 2. The van der Waals surface area contributed by atoms with Crippen LogP contribution in [0.2, 0.25) is 0 Å². The molecule has 0 bridgehead atoms. The first-order chi connectivity index (χ1) is 7.22. The van der Waals surface area contributed by atoms with Gasteiger partial charge in [0.05, 0.1) is 7.11 Å². The van der Waals surface area contributed by atoms with Crippen molar-refractivity contribution >= 4 is 23.4 Å². The number of methoxy groups -OCH3 is 1. The van der Waals surface area contributed by atoms with Gasteiger partial charge in [-0.3, -0.25) is 5.32 Å². The van der Waals surface area contributed by atoms with Crippen LogP contribution in [0.1, 0.15) is 12.8 Å². The molecule has 1 saturated heterocycles. The number of carbonyl (C=O) groups excluding carboxylic acids is 1.